The highest BCUT2D eigenvalue weighted by Gasteiger charge is 2.22. The fourth-order valence-corrected chi connectivity index (χ4v) is 3.03. The van der Waals surface area contributed by atoms with E-state index in [0.29, 0.717) is 6.04 Å². The number of hydrogen-bond donors (Lipinski definition) is 2. The van der Waals surface area contributed by atoms with Crippen LogP contribution in [0, 0.1) is 6.92 Å². The summed E-state index contributed by atoms with van der Waals surface area (Å²) < 4.78 is 0. The Kier molecular flexibility index (Phi) is 6.90. The van der Waals surface area contributed by atoms with Gasteiger partial charge in [-0.2, -0.15) is 0 Å². The van der Waals surface area contributed by atoms with Crippen molar-refractivity contribution in [3.05, 3.63) is 29.8 Å². The van der Waals surface area contributed by atoms with Gasteiger partial charge in [0.05, 0.1) is 6.61 Å². The average molecular weight is 281 g/mol. The molecule has 0 heterocycles. The fraction of sp³-hybridized carbons (Fsp3) is 0.625. The fourth-order valence-electron chi connectivity index (χ4n) is 2.18. The molecule has 2 N–H and O–H groups in total. The molecule has 0 radical (unpaired) electrons. The maximum Gasteiger partial charge on any atom is 0.0610 e. The molecule has 0 aliphatic rings. The first-order valence-corrected chi connectivity index (χ1v) is 8.02. The summed E-state index contributed by atoms with van der Waals surface area (Å²) in [7, 11) is 0. The minimum Gasteiger partial charge on any atom is -0.394 e. The van der Waals surface area contributed by atoms with Crippen molar-refractivity contribution in [2.45, 2.75) is 57.0 Å². The van der Waals surface area contributed by atoms with Gasteiger partial charge >= 0.3 is 0 Å². The van der Waals surface area contributed by atoms with Gasteiger partial charge in [0.25, 0.3) is 0 Å². The molecule has 108 valence electrons. The highest BCUT2D eigenvalue weighted by molar-refractivity contribution is 7.99. The molecule has 19 heavy (non-hydrogen) atoms. The smallest absolute Gasteiger partial charge is 0.0610 e. The number of thioether (sulfide) groups is 1. The van der Waals surface area contributed by atoms with Crippen LogP contribution < -0.4 is 5.32 Å². The van der Waals surface area contributed by atoms with Crippen molar-refractivity contribution in [2.75, 3.05) is 12.4 Å². The molecular formula is C16H27NOS. The van der Waals surface area contributed by atoms with Crippen LogP contribution in [-0.2, 0) is 0 Å². The van der Waals surface area contributed by atoms with E-state index >= 15 is 0 Å². The molecule has 2 nitrogen and oxygen atoms in total. The first-order valence-electron chi connectivity index (χ1n) is 7.03. The molecule has 0 bridgehead atoms. The van der Waals surface area contributed by atoms with Crippen LogP contribution in [0.2, 0.25) is 0 Å². The number of aliphatic hydroxyl groups is 1. The van der Waals surface area contributed by atoms with Gasteiger partial charge in [0.1, 0.15) is 0 Å². The van der Waals surface area contributed by atoms with Gasteiger partial charge in [-0.25, -0.2) is 0 Å². The summed E-state index contributed by atoms with van der Waals surface area (Å²) in [6, 6.07) is 9.07. The predicted octanol–water partition coefficient (Wildman–Crippen LogP) is 3.62. The Morgan fingerprint density at radius 3 is 2.42 bits per heavy atom. The van der Waals surface area contributed by atoms with Crippen molar-refractivity contribution in [1.29, 1.82) is 0 Å². The third kappa shape index (κ3) is 6.46. The number of aryl methyl sites for hydroxylation is 1. The zero-order chi connectivity index (χ0) is 14.3. The van der Waals surface area contributed by atoms with Crippen molar-refractivity contribution >= 4 is 11.8 Å². The first kappa shape index (κ1) is 16.5. The van der Waals surface area contributed by atoms with Gasteiger partial charge < -0.3 is 10.4 Å². The van der Waals surface area contributed by atoms with Gasteiger partial charge in [0.15, 0.2) is 0 Å². The molecule has 1 atom stereocenters. The molecule has 0 aromatic heterocycles. The summed E-state index contributed by atoms with van der Waals surface area (Å²) >= 11 is 1.89. The van der Waals surface area contributed by atoms with Crippen molar-refractivity contribution in [3.63, 3.8) is 0 Å². The second-order valence-corrected chi connectivity index (χ2v) is 6.95. The SMILES string of the molecule is Cc1ccc(SCCCC(C)(CO)NC(C)C)cc1. The second-order valence-electron chi connectivity index (χ2n) is 5.78. The molecule has 1 aromatic rings. The molecule has 0 aliphatic heterocycles. The van der Waals surface area contributed by atoms with Crippen LogP contribution in [0.4, 0.5) is 0 Å². The van der Waals surface area contributed by atoms with Gasteiger partial charge in [0.2, 0.25) is 0 Å². The molecule has 0 saturated carbocycles. The predicted molar refractivity (Wildman–Crippen MR) is 84.9 cm³/mol. The van der Waals surface area contributed by atoms with Crippen LogP contribution in [0.1, 0.15) is 39.2 Å². The van der Waals surface area contributed by atoms with Crippen LogP contribution >= 0.6 is 11.8 Å². The Hall–Kier alpha value is -0.510. The minimum absolute atomic E-state index is 0.151. The van der Waals surface area contributed by atoms with Gasteiger partial charge in [-0.05, 0) is 44.6 Å². The zero-order valence-corrected chi connectivity index (χ0v) is 13.4. The summed E-state index contributed by atoms with van der Waals surface area (Å²) in [6.07, 6.45) is 2.11. The van der Waals surface area contributed by atoms with Crippen LogP contribution in [0.3, 0.4) is 0 Å². The number of rotatable bonds is 8. The van der Waals surface area contributed by atoms with Gasteiger partial charge in [-0.1, -0.05) is 31.5 Å². The summed E-state index contributed by atoms with van der Waals surface area (Å²) in [6.45, 7) is 8.65. The van der Waals surface area contributed by atoms with Crippen molar-refractivity contribution in [3.8, 4) is 0 Å². The lowest BCUT2D eigenvalue weighted by Gasteiger charge is -2.31. The van der Waals surface area contributed by atoms with E-state index in [-0.39, 0.29) is 12.1 Å². The maximum atomic E-state index is 9.51. The second kappa shape index (κ2) is 7.93. The Balaban J connectivity index is 2.31. The third-order valence-corrected chi connectivity index (χ3v) is 4.25. The monoisotopic (exact) mass is 281 g/mol. The summed E-state index contributed by atoms with van der Waals surface area (Å²) in [4.78, 5) is 1.33. The Labute approximate surface area is 122 Å². The molecule has 0 fully saturated rings. The van der Waals surface area contributed by atoms with Gasteiger partial charge in [-0.3, -0.25) is 0 Å². The number of hydrogen-bond acceptors (Lipinski definition) is 3. The van der Waals surface area contributed by atoms with Crippen molar-refractivity contribution < 1.29 is 5.11 Å². The molecule has 0 amide bonds. The number of nitrogens with one attached hydrogen (secondary N) is 1. The largest absolute Gasteiger partial charge is 0.394 e. The standard InChI is InChI=1S/C16H27NOS/c1-13(2)17-16(4,12-18)10-5-11-19-15-8-6-14(3)7-9-15/h6-9,13,17-18H,5,10-12H2,1-4H3. The Bertz CT molecular complexity index is 364. The lowest BCUT2D eigenvalue weighted by atomic mass is 9.96. The van der Waals surface area contributed by atoms with E-state index in [9.17, 15) is 5.11 Å². The summed E-state index contributed by atoms with van der Waals surface area (Å²) in [5.41, 5.74) is 1.15. The normalized spacial score (nSPS) is 14.6. The Morgan fingerprint density at radius 2 is 1.89 bits per heavy atom. The van der Waals surface area contributed by atoms with E-state index in [2.05, 4.69) is 57.3 Å². The quantitative estimate of drug-likeness (QED) is 0.564. The molecule has 1 aromatic carbocycles. The third-order valence-electron chi connectivity index (χ3n) is 3.15. The summed E-state index contributed by atoms with van der Waals surface area (Å²) in [5.74, 6) is 1.10. The maximum absolute atomic E-state index is 9.51. The van der Waals surface area contributed by atoms with E-state index in [1.807, 2.05) is 11.8 Å². The van der Waals surface area contributed by atoms with Crippen LogP contribution in [0.15, 0.2) is 29.2 Å². The minimum atomic E-state index is -0.151. The molecule has 3 heteroatoms. The van der Waals surface area contributed by atoms with Crippen molar-refractivity contribution in [2.24, 2.45) is 0 Å². The molecule has 1 rings (SSSR count). The highest BCUT2D eigenvalue weighted by atomic mass is 32.2. The van der Waals surface area contributed by atoms with E-state index in [1.165, 1.54) is 10.5 Å². The molecule has 1 unspecified atom stereocenters. The highest BCUT2D eigenvalue weighted by Crippen LogP contribution is 2.22. The molecule has 0 aliphatic carbocycles. The van der Waals surface area contributed by atoms with E-state index in [1.54, 1.807) is 0 Å². The summed E-state index contributed by atoms with van der Waals surface area (Å²) in [5, 5.41) is 13.0. The van der Waals surface area contributed by atoms with E-state index in [4.69, 9.17) is 0 Å². The first-order chi connectivity index (χ1) is 8.95. The number of aliphatic hydroxyl groups excluding tert-OH is 1. The molecule has 0 spiro atoms. The van der Waals surface area contributed by atoms with E-state index in [0.717, 1.165) is 18.6 Å². The molecule has 0 saturated heterocycles. The number of benzene rings is 1. The van der Waals surface area contributed by atoms with Gasteiger partial charge in [0, 0.05) is 16.5 Å². The average Bonchev–Trinajstić information content (AvgIpc) is 2.36. The molecular weight excluding hydrogens is 254 g/mol. The van der Waals surface area contributed by atoms with E-state index < -0.39 is 0 Å². The van der Waals surface area contributed by atoms with Crippen LogP contribution in [-0.4, -0.2) is 29.0 Å². The van der Waals surface area contributed by atoms with Gasteiger partial charge in [-0.15, -0.1) is 11.8 Å². The van der Waals surface area contributed by atoms with Crippen LogP contribution in [0.5, 0.6) is 0 Å². The topological polar surface area (TPSA) is 32.3 Å². The Morgan fingerprint density at radius 1 is 1.26 bits per heavy atom. The van der Waals surface area contributed by atoms with Crippen molar-refractivity contribution in [1.82, 2.24) is 5.32 Å². The lowest BCUT2D eigenvalue weighted by Crippen LogP contribution is -2.49. The zero-order valence-electron chi connectivity index (χ0n) is 12.6. The van der Waals surface area contributed by atoms with Crippen LogP contribution in [0.25, 0.3) is 0 Å². The lowest BCUT2D eigenvalue weighted by molar-refractivity contribution is 0.156.